The van der Waals surface area contributed by atoms with Gasteiger partial charge in [-0.2, -0.15) is 0 Å². The van der Waals surface area contributed by atoms with Crippen LogP contribution in [0.2, 0.25) is 5.02 Å². The highest BCUT2D eigenvalue weighted by molar-refractivity contribution is 6.40. The summed E-state index contributed by atoms with van der Waals surface area (Å²) in [5, 5.41) is 2.53. The van der Waals surface area contributed by atoms with E-state index in [1.165, 1.54) is 0 Å². The van der Waals surface area contributed by atoms with Crippen molar-refractivity contribution in [3.63, 3.8) is 0 Å². The second kappa shape index (κ2) is 4.34. The molecule has 1 unspecified atom stereocenters. The Morgan fingerprint density at radius 2 is 1.83 bits per heavy atom. The molecule has 18 heavy (non-hydrogen) atoms. The topological polar surface area (TPSA) is 52.3 Å². The Morgan fingerprint density at radius 1 is 1.17 bits per heavy atom. The van der Waals surface area contributed by atoms with Crippen LogP contribution in [-0.2, 0) is 6.42 Å². The molecule has 3 aromatic rings. The first-order chi connectivity index (χ1) is 8.68. The summed E-state index contributed by atoms with van der Waals surface area (Å²) in [7, 11) is 0. The first kappa shape index (κ1) is 11.6. The molecule has 0 aliphatic rings. The van der Waals surface area contributed by atoms with Crippen molar-refractivity contribution in [1.29, 1.82) is 0 Å². The number of benzene rings is 1. The monoisotopic (exact) mass is 263 g/mol. The van der Waals surface area contributed by atoms with Gasteiger partial charge in [0.1, 0.15) is 5.58 Å². The largest absolute Gasteiger partial charge is 0.464 e. The van der Waals surface area contributed by atoms with Crippen LogP contribution in [0.5, 0.6) is 0 Å². The molecular weight excluding hydrogens is 250 g/mol. The number of halogens is 1. The van der Waals surface area contributed by atoms with E-state index in [1.807, 2.05) is 19.1 Å². The molecule has 0 saturated carbocycles. The van der Waals surface area contributed by atoms with E-state index in [-0.39, 0.29) is 6.04 Å². The van der Waals surface area contributed by atoms with Gasteiger partial charge in [-0.15, -0.1) is 0 Å². The van der Waals surface area contributed by atoms with Crippen LogP contribution in [0.25, 0.3) is 21.9 Å². The molecule has 0 bridgehead atoms. The van der Waals surface area contributed by atoms with E-state index in [0.29, 0.717) is 5.02 Å². The molecule has 0 aliphatic carbocycles. The number of rotatable bonds is 3. The third-order valence-corrected chi connectivity index (χ3v) is 3.59. The first-order valence-electron chi connectivity index (χ1n) is 5.99. The van der Waals surface area contributed by atoms with Crippen LogP contribution in [-0.4, -0.2) is 6.04 Å². The zero-order valence-corrected chi connectivity index (χ0v) is 10.8. The molecule has 0 spiro atoms. The number of furan rings is 2. The summed E-state index contributed by atoms with van der Waals surface area (Å²) in [6.45, 7) is 2.00. The molecule has 2 N–H and O–H groups in total. The van der Waals surface area contributed by atoms with Crippen molar-refractivity contribution in [2.45, 2.75) is 25.8 Å². The summed E-state index contributed by atoms with van der Waals surface area (Å²) in [5.41, 5.74) is 8.52. The van der Waals surface area contributed by atoms with E-state index in [0.717, 1.165) is 40.3 Å². The number of fused-ring (bicyclic) bond motifs is 2. The fourth-order valence-corrected chi connectivity index (χ4v) is 2.59. The molecule has 2 aromatic heterocycles. The van der Waals surface area contributed by atoms with E-state index in [1.54, 1.807) is 12.5 Å². The van der Waals surface area contributed by atoms with Gasteiger partial charge in [0.05, 0.1) is 17.5 Å². The van der Waals surface area contributed by atoms with Gasteiger partial charge in [-0.3, -0.25) is 0 Å². The van der Waals surface area contributed by atoms with E-state index in [2.05, 4.69) is 0 Å². The average Bonchev–Trinajstić information content (AvgIpc) is 2.95. The predicted octanol–water partition coefficient (Wildman–Crippen LogP) is 4.11. The Hall–Kier alpha value is -1.45. The summed E-state index contributed by atoms with van der Waals surface area (Å²) in [6.07, 6.45) is 5.07. The van der Waals surface area contributed by atoms with Gasteiger partial charge >= 0.3 is 0 Å². The Morgan fingerprint density at radius 3 is 2.56 bits per heavy atom. The van der Waals surface area contributed by atoms with E-state index < -0.39 is 0 Å². The SMILES string of the molecule is CC(N)CCc1c2ccoc2c(Cl)c2ccoc12. The minimum absolute atomic E-state index is 0.160. The summed E-state index contributed by atoms with van der Waals surface area (Å²) in [4.78, 5) is 0. The van der Waals surface area contributed by atoms with Gasteiger partial charge in [0.2, 0.25) is 0 Å². The van der Waals surface area contributed by atoms with Gasteiger partial charge < -0.3 is 14.6 Å². The fourth-order valence-electron chi connectivity index (χ4n) is 2.30. The zero-order valence-electron chi connectivity index (χ0n) is 10.1. The fraction of sp³-hybridized carbons (Fsp3) is 0.286. The lowest BCUT2D eigenvalue weighted by Crippen LogP contribution is -2.15. The number of hydrogen-bond donors (Lipinski definition) is 1. The molecular formula is C14H14ClNO2. The van der Waals surface area contributed by atoms with Crippen molar-refractivity contribution >= 4 is 33.5 Å². The molecule has 1 atom stereocenters. The van der Waals surface area contributed by atoms with Gasteiger partial charge in [0.15, 0.2) is 5.58 Å². The third-order valence-electron chi connectivity index (χ3n) is 3.22. The minimum atomic E-state index is 0.160. The van der Waals surface area contributed by atoms with E-state index in [9.17, 15) is 0 Å². The molecule has 0 radical (unpaired) electrons. The lowest BCUT2D eigenvalue weighted by atomic mass is 10.0. The lowest BCUT2D eigenvalue weighted by molar-refractivity contribution is 0.602. The summed E-state index contributed by atoms with van der Waals surface area (Å²) in [5.74, 6) is 0. The molecule has 1 aromatic carbocycles. The van der Waals surface area contributed by atoms with E-state index in [4.69, 9.17) is 26.2 Å². The van der Waals surface area contributed by atoms with E-state index >= 15 is 0 Å². The lowest BCUT2D eigenvalue weighted by Gasteiger charge is -2.08. The number of nitrogens with two attached hydrogens (primary N) is 1. The van der Waals surface area contributed by atoms with Crippen LogP contribution in [0, 0.1) is 0 Å². The number of hydrogen-bond acceptors (Lipinski definition) is 3. The highest BCUT2D eigenvalue weighted by Crippen LogP contribution is 2.37. The maximum Gasteiger partial charge on any atom is 0.153 e. The van der Waals surface area contributed by atoms with Crippen molar-refractivity contribution in [1.82, 2.24) is 0 Å². The standard InChI is InChI=1S/C14H14ClNO2/c1-8(16)2-3-9-10-4-6-18-14(10)12(15)11-5-7-17-13(9)11/h4-8H,2-3,16H2,1H3. The molecule has 0 fully saturated rings. The normalized spacial score (nSPS) is 13.5. The Kier molecular flexibility index (Phi) is 2.80. The van der Waals surface area contributed by atoms with Crippen molar-refractivity contribution in [2.75, 3.05) is 0 Å². The molecule has 3 rings (SSSR count). The third kappa shape index (κ3) is 1.71. The second-order valence-electron chi connectivity index (χ2n) is 4.64. The van der Waals surface area contributed by atoms with Crippen LogP contribution in [0.3, 0.4) is 0 Å². The van der Waals surface area contributed by atoms with Crippen LogP contribution in [0.15, 0.2) is 33.5 Å². The molecule has 0 aliphatic heterocycles. The van der Waals surface area contributed by atoms with Gasteiger partial charge in [0, 0.05) is 22.4 Å². The predicted molar refractivity (Wildman–Crippen MR) is 73.0 cm³/mol. The molecule has 94 valence electrons. The van der Waals surface area contributed by atoms with Crippen molar-refractivity contribution in [3.8, 4) is 0 Å². The zero-order chi connectivity index (χ0) is 12.7. The highest BCUT2D eigenvalue weighted by atomic mass is 35.5. The number of aryl methyl sites for hydroxylation is 1. The Labute approximate surface area is 109 Å². The van der Waals surface area contributed by atoms with Crippen LogP contribution in [0.4, 0.5) is 0 Å². The first-order valence-corrected chi connectivity index (χ1v) is 6.36. The Bertz CT molecular complexity index is 645. The van der Waals surface area contributed by atoms with Crippen LogP contribution in [0.1, 0.15) is 18.9 Å². The van der Waals surface area contributed by atoms with Crippen LogP contribution >= 0.6 is 11.6 Å². The van der Waals surface area contributed by atoms with Crippen molar-refractivity contribution in [2.24, 2.45) is 5.73 Å². The summed E-state index contributed by atoms with van der Waals surface area (Å²) < 4.78 is 11.0. The Balaban J connectivity index is 2.26. The van der Waals surface area contributed by atoms with Crippen molar-refractivity contribution in [3.05, 3.63) is 35.2 Å². The summed E-state index contributed by atoms with van der Waals surface area (Å²) in [6, 6.07) is 3.96. The second-order valence-corrected chi connectivity index (χ2v) is 5.01. The maximum atomic E-state index is 6.31. The van der Waals surface area contributed by atoms with Gasteiger partial charge in [-0.1, -0.05) is 11.6 Å². The molecule has 4 heteroatoms. The smallest absolute Gasteiger partial charge is 0.153 e. The van der Waals surface area contributed by atoms with Crippen molar-refractivity contribution < 1.29 is 8.83 Å². The van der Waals surface area contributed by atoms with Crippen LogP contribution < -0.4 is 5.73 Å². The molecule has 0 amide bonds. The average molecular weight is 264 g/mol. The van der Waals surface area contributed by atoms with Gasteiger partial charge in [0.25, 0.3) is 0 Å². The highest BCUT2D eigenvalue weighted by Gasteiger charge is 2.17. The summed E-state index contributed by atoms with van der Waals surface area (Å²) >= 11 is 6.31. The minimum Gasteiger partial charge on any atom is -0.464 e. The molecule has 0 saturated heterocycles. The quantitative estimate of drug-likeness (QED) is 0.774. The van der Waals surface area contributed by atoms with Gasteiger partial charge in [-0.05, 0) is 31.9 Å². The molecule has 2 heterocycles. The maximum absolute atomic E-state index is 6.31. The molecule has 3 nitrogen and oxygen atoms in total. The van der Waals surface area contributed by atoms with Gasteiger partial charge in [-0.25, -0.2) is 0 Å².